The van der Waals surface area contributed by atoms with Crippen molar-refractivity contribution < 1.29 is 18.7 Å². The van der Waals surface area contributed by atoms with Gasteiger partial charge in [0.05, 0.1) is 31.4 Å². The van der Waals surface area contributed by atoms with E-state index < -0.39 is 0 Å². The van der Waals surface area contributed by atoms with Gasteiger partial charge in [-0.1, -0.05) is 50.2 Å². The van der Waals surface area contributed by atoms with E-state index in [2.05, 4.69) is 18.8 Å². The molecule has 3 aromatic rings. The van der Waals surface area contributed by atoms with Crippen LogP contribution in [0.1, 0.15) is 43.1 Å². The minimum atomic E-state index is -0.289. The summed E-state index contributed by atoms with van der Waals surface area (Å²) < 4.78 is 11.9. The first-order valence-corrected chi connectivity index (χ1v) is 12.1. The highest BCUT2D eigenvalue weighted by Crippen LogP contribution is 2.29. The molecule has 7 nitrogen and oxygen atoms in total. The van der Waals surface area contributed by atoms with Gasteiger partial charge in [0, 0.05) is 38.4 Å². The Hall–Kier alpha value is -3.45. The Morgan fingerprint density at radius 3 is 2.63 bits per heavy atom. The average Bonchev–Trinajstić information content (AvgIpc) is 3.35. The molecule has 0 aliphatic carbocycles. The molecule has 35 heavy (non-hydrogen) atoms. The number of amides is 2. The first-order valence-electron chi connectivity index (χ1n) is 12.1. The monoisotopic (exact) mass is 475 g/mol. The third kappa shape index (κ3) is 6.79. The average molecular weight is 476 g/mol. The predicted molar refractivity (Wildman–Crippen MR) is 132 cm³/mol. The molecule has 3 heterocycles. The van der Waals surface area contributed by atoms with E-state index in [1.807, 2.05) is 59.5 Å². The van der Waals surface area contributed by atoms with Gasteiger partial charge in [0.2, 0.25) is 11.8 Å². The molecule has 1 aliphatic rings. The molecule has 2 atom stereocenters. The third-order valence-electron chi connectivity index (χ3n) is 6.14. The van der Waals surface area contributed by atoms with Crippen molar-refractivity contribution in [1.82, 2.24) is 14.8 Å². The van der Waals surface area contributed by atoms with Gasteiger partial charge in [-0.05, 0) is 35.2 Å². The van der Waals surface area contributed by atoms with Crippen LogP contribution in [-0.4, -0.2) is 58.9 Å². The van der Waals surface area contributed by atoms with Gasteiger partial charge in [-0.3, -0.25) is 14.6 Å². The SMILES string of the molecule is CC(C)CN1CC(OCc2cccnc2)CN(C(=O)CC(c2ccccc2)c2ccco2)CC1=O. The second-order valence-corrected chi connectivity index (χ2v) is 9.44. The van der Waals surface area contributed by atoms with Crippen LogP contribution in [0.25, 0.3) is 0 Å². The summed E-state index contributed by atoms with van der Waals surface area (Å²) >= 11 is 0. The van der Waals surface area contributed by atoms with Crippen molar-refractivity contribution in [1.29, 1.82) is 0 Å². The summed E-state index contributed by atoms with van der Waals surface area (Å²) in [4.78, 5) is 34.3. The standard InChI is InChI=1S/C28H33N3O4/c1-21(2)16-30-17-24(35-20-22-8-6-12-29-15-22)18-31(19-28(30)33)27(32)14-25(26-11-7-13-34-26)23-9-4-3-5-10-23/h3-13,15,21,24-25H,14,16-20H2,1-2H3. The van der Waals surface area contributed by atoms with Crippen LogP contribution in [0.2, 0.25) is 0 Å². The highest BCUT2D eigenvalue weighted by Gasteiger charge is 2.33. The number of rotatable bonds is 9. The molecule has 1 aliphatic heterocycles. The van der Waals surface area contributed by atoms with Crippen molar-refractivity contribution in [3.8, 4) is 0 Å². The van der Waals surface area contributed by atoms with E-state index >= 15 is 0 Å². The molecule has 1 aromatic carbocycles. The number of aromatic nitrogens is 1. The molecular weight excluding hydrogens is 442 g/mol. The summed E-state index contributed by atoms with van der Waals surface area (Å²) in [6.45, 7) is 6.05. The normalized spacial score (nSPS) is 17.5. The fraction of sp³-hybridized carbons (Fsp3) is 0.393. The summed E-state index contributed by atoms with van der Waals surface area (Å²) in [7, 11) is 0. The zero-order chi connectivity index (χ0) is 24.6. The largest absolute Gasteiger partial charge is 0.469 e. The van der Waals surface area contributed by atoms with Gasteiger partial charge in [-0.2, -0.15) is 0 Å². The Morgan fingerprint density at radius 2 is 1.94 bits per heavy atom. The van der Waals surface area contributed by atoms with E-state index in [4.69, 9.17) is 9.15 Å². The van der Waals surface area contributed by atoms with Crippen molar-refractivity contribution in [3.05, 3.63) is 90.1 Å². The van der Waals surface area contributed by atoms with Gasteiger partial charge in [0.1, 0.15) is 5.76 Å². The van der Waals surface area contributed by atoms with Gasteiger partial charge in [0.15, 0.2) is 0 Å². The van der Waals surface area contributed by atoms with Gasteiger partial charge in [-0.25, -0.2) is 0 Å². The maximum absolute atomic E-state index is 13.6. The van der Waals surface area contributed by atoms with Gasteiger partial charge >= 0.3 is 0 Å². The van der Waals surface area contributed by atoms with E-state index in [1.54, 1.807) is 23.6 Å². The molecule has 0 saturated carbocycles. The molecule has 2 amide bonds. The van der Waals surface area contributed by atoms with Crippen molar-refractivity contribution in [2.24, 2.45) is 5.92 Å². The van der Waals surface area contributed by atoms with Gasteiger partial charge in [-0.15, -0.1) is 0 Å². The molecule has 1 fully saturated rings. The lowest BCUT2D eigenvalue weighted by atomic mass is 9.92. The molecule has 7 heteroatoms. The molecule has 2 unspecified atom stereocenters. The van der Waals surface area contributed by atoms with Crippen LogP contribution in [0, 0.1) is 5.92 Å². The predicted octanol–water partition coefficient (Wildman–Crippen LogP) is 4.11. The summed E-state index contributed by atoms with van der Waals surface area (Å²) in [6.07, 6.45) is 5.04. The lowest BCUT2D eigenvalue weighted by Gasteiger charge is -2.26. The summed E-state index contributed by atoms with van der Waals surface area (Å²) in [5.74, 6) is 0.690. The van der Waals surface area contributed by atoms with Crippen LogP contribution in [0.5, 0.6) is 0 Å². The Morgan fingerprint density at radius 1 is 1.11 bits per heavy atom. The second kappa shape index (κ2) is 11.8. The van der Waals surface area contributed by atoms with Crippen molar-refractivity contribution >= 4 is 11.8 Å². The number of benzene rings is 1. The molecular formula is C28H33N3O4. The Bertz CT molecular complexity index is 1070. The molecule has 2 aromatic heterocycles. The van der Waals surface area contributed by atoms with Crippen molar-refractivity contribution in [2.45, 2.75) is 38.9 Å². The number of carbonyl (C=O) groups excluding carboxylic acids is 2. The molecule has 0 N–H and O–H groups in total. The van der Waals surface area contributed by atoms with Crippen LogP contribution in [0.4, 0.5) is 0 Å². The molecule has 1 saturated heterocycles. The fourth-order valence-electron chi connectivity index (χ4n) is 4.45. The quantitative estimate of drug-likeness (QED) is 0.466. The molecule has 0 bridgehead atoms. The van der Waals surface area contributed by atoms with Crippen LogP contribution < -0.4 is 0 Å². The zero-order valence-electron chi connectivity index (χ0n) is 20.4. The number of carbonyl (C=O) groups is 2. The Kier molecular flexibility index (Phi) is 8.32. The number of furan rings is 1. The van der Waals surface area contributed by atoms with Crippen LogP contribution in [-0.2, 0) is 20.9 Å². The number of nitrogens with zero attached hydrogens (tertiary/aromatic N) is 3. The fourth-order valence-corrected chi connectivity index (χ4v) is 4.45. The zero-order valence-corrected chi connectivity index (χ0v) is 20.4. The maximum atomic E-state index is 13.6. The lowest BCUT2D eigenvalue weighted by Crippen LogP contribution is -2.41. The van der Waals surface area contributed by atoms with E-state index in [-0.39, 0.29) is 36.8 Å². The van der Waals surface area contributed by atoms with Crippen molar-refractivity contribution in [2.75, 3.05) is 26.2 Å². The van der Waals surface area contributed by atoms with Crippen LogP contribution in [0.15, 0.2) is 77.7 Å². The molecule has 0 radical (unpaired) electrons. The first kappa shape index (κ1) is 24.7. The number of hydrogen-bond donors (Lipinski definition) is 0. The molecule has 184 valence electrons. The van der Waals surface area contributed by atoms with Crippen LogP contribution in [0.3, 0.4) is 0 Å². The molecule has 4 rings (SSSR count). The second-order valence-electron chi connectivity index (χ2n) is 9.44. The highest BCUT2D eigenvalue weighted by molar-refractivity contribution is 5.86. The van der Waals surface area contributed by atoms with Crippen molar-refractivity contribution in [3.63, 3.8) is 0 Å². The third-order valence-corrected chi connectivity index (χ3v) is 6.14. The molecule has 0 spiro atoms. The van der Waals surface area contributed by atoms with E-state index in [1.165, 1.54) is 0 Å². The summed E-state index contributed by atoms with van der Waals surface area (Å²) in [5.41, 5.74) is 1.96. The van der Waals surface area contributed by atoms with Crippen LogP contribution >= 0.6 is 0 Å². The van der Waals surface area contributed by atoms with Gasteiger partial charge in [0.25, 0.3) is 0 Å². The van der Waals surface area contributed by atoms with E-state index in [0.29, 0.717) is 32.2 Å². The first-order chi connectivity index (χ1) is 17.0. The Labute approximate surface area is 206 Å². The number of ether oxygens (including phenoxy) is 1. The smallest absolute Gasteiger partial charge is 0.242 e. The highest BCUT2D eigenvalue weighted by atomic mass is 16.5. The summed E-state index contributed by atoms with van der Waals surface area (Å²) in [5, 5.41) is 0. The van der Waals surface area contributed by atoms with E-state index in [0.717, 1.165) is 16.9 Å². The maximum Gasteiger partial charge on any atom is 0.242 e. The Balaban J connectivity index is 1.51. The number of pyridine rings is 1. The minimum absolute atomic E-state index is 0.0474. The number of hydrogen-bond acceptors (Lipinski definition) is 5. The van der Waals surface area contributed by atoms with E-state index in [9.17, 15) is 9.59 Å². The summed E-state index contributed by atoms with van der Waals surface area (Å²) in [6, 6.07) is 17.4. The lowest BCUT2D eigenvalue weighted by molar-refractivity contribution is -0.139. The minimum Gasteiger partial charge on any atom is -0.469 e. The van der Waals surface area contributed by atoms with Gasteiger partial charge < -0.3 is 19.0 Å². The topological polar surface area (TPSA) is 75.9 Å².